The number of carbonyl (C=O) groups is 1. The van der Waals surface area contributed by atoms with Gasteiger partial charge in [0, 0.05) is 25.6 Å². The minimum atomic E-state index is 0.139. The molecular weight excluding hydrogens is 408 g/mol. The molecule has 33 heavy (non-hydrogen) atoms. The van der Waals surface area contributed by atoms with Crippen LogP contribution in [0.15, 0.2) is 17.1 Å². The van der Waals surface area contributed by atoms with Crippen molar-refractivity contribution in [2.24, 2.45) is 22.4 Å². The summed E-state index contributed by atoms with van der Waals surface area (Å²) in [5.74, 6) is 0.665. The van der Waals surface area contributed by atoms with Crippen molar-refractivity contribution < 1.29 is 4.79 Å². The monoisotopic (exact) mass is 454 g/mol. The first-order valence-electron chi connectivity index (χ1n) is 13.0. The molecule has 0 bridgehead atoms. The molecular formula is C28H46N4O. The highest BCUT2D eigenvalue weighted by Crippen LogP contribution is 2.46. The van der Waals surface area contributed by atoms with E-state index in [4.69, 9.17) is 11.5 Å². The molecule has 0 radical (unpaired) electrons. The Labute approximate surface area is 201 Å². The third-order valence-electron chi connectivity index (χ3n) is 8.07. The molecule has 0 aliphatic heterocycles. The summed E-state index contributed by atoms with van der Waals surface area (Å²) < 4.78 is 0. The van der Waals surface area contributed by atoms with Crippen molar-refractivity contribution in [1.29, 1.82) is 0 Å². The molecule has 3 rings (SSSR count). The van der Waals surface area contributed by atoms with Gasteiger partial charge >= 0.3 is 0 Å². The Hall–Kier alpha value is -2.04. The molecule has 1 saturated carbocycles. The summed E-state index contributed by atoms with van der Waals surface area (Å²) in [5.41, 5.74) is 16.9. The SMILES string of the molecule is Cc1cc2c(cc1CN(CCCCN=C(N)N)C(=O)C1CCCCC1)C(C)(C)CCC2(C)C. The number of nitrogens with zero attached hydrogens (tertiary/aromatic N) is 2. The quantitative estimate of drug-likeness (QED) is 0.317. The Bertz CT molecular complexity index is 861. The molecule has 0 saturated heterocycles. The van der Waals surface area contributed by atoms with Crippen LogP contribution < -0.4 is 11.5 Å². The molecule has 5 nitrogen and oxygen atoms in total. The summed E-state index contributed by atoms with van der Waals surface area (Å²) in [6, 6.07) is 4.83. The summed E-state index contributed by atoms with van der Waals surface area (Å²) in [6.07, 6.45) is 9.90. The number of fused-ring (bicyclic) bond motifs is 1. The van der Waals surface area contributed by atoms with E-state index in [1.54, 1.807) is 0 Å². The Morgan fingerprint density at radius 1 is 1.00 bits per heavy atom. The summed E-state index contributed by atoms with van der Waals surface area (Å²) in [5, 5.41) is 0. The summed E-state index contributed by atoms with van der Waals surface area (Å²) in [6.45, 7) is 13.8. The van der Waals surface area contributed by atoms with E-state index in [0.717, 1.165) is 32.2 Å². The number of guanidine groups is 1. The molecule has 2 aliphatic rings. The fourth-order valence-electron chi connectivity index (χ4n) is 5.64. The van der Waals surface area contributed by atoms with Crippen molar-refractivity contribution in [3.8, 4) is 0 Å². The Morgan fingerprint density at radius 2 is 1.61 bits per heavy atom. The number of nitrogens with two attached hydrogens (primary N) is 2. The Balaban J connectivity index is 1.83. The van der Waals surface area contributed by atoms with E-state index in [1.165, 1.54) is 54.4 Å². The average Bonchev–Trinajstić information content (AvgIpc) is 2.76. The third-order valence-corrected chi connectivity index (χ3v) is 8.07. The first-order valence-corrected chi connectivity index (χ1v) is 13.0. The van der Waals surface area contributed by atoms with Gasteiger partial charge in [0.1, 0.15) is 0 Å². The van der Waals surface area contributed by atoms with Crippen molar-refractivity contribution in [2.75, 3.05) is 13.1 Å². The molecule has 0 unspecified atom stereocenters. The van der Waals surface area contributed by atoms with Gasteiger partial charge in [-0.15, -0.1) is 0 Å². The van der Waals surface area contributed by atoms with Crippen molar-refractivity contribution in [3.63, 3.8) is 0 Å². The van der Waals surface area contributed by atoms with Crippen LogP contribution in [0.2, 0.25) is 0 Å². The number of aryl methyl sites for hydroxylation is 1. The van der Waals surface area contributed by atoms with E-state index >= 15 is 0 Å². The van der Waals surface area contributed by atoms with Gasteiger partial charge in [-0.05, 0) is 78.5 Å². The smallest absolute Gasteiger partial charge is 0.225 e. The fraction of sp³-hybridized carbons (Fsp3) is 0.714. The van der Waals surface area contributed by atoms with Gasteiger partial charge in [-0.1, -0.05) is 59.1 Å². The lowest BCUT2D eigenvalue weighted by atomic mass is 9.62. The second-order valence-corrected chi connectivity index (χ2v) is 11.7. The van der Waals surface area contributed by atoms with Gasteiger partial charge < -0.3 is 16.4 Å². The maximum Gasteiger partial charge on any atom is 0.225 e. The van der Waals surface area contributed by atoms with E-state index in [9.17, 15) is 4.79 Å². The first kappa shape index (κ1) is 25.6. The largest absolute Gasteiger partial charge is 0.370 e. The van der Waals surface area contributed by atoms with Crippen LogP contribution in [0.3, 0.4) is 0 Å². The number of aliphatic imine (C=N–C) groups is 1. The van der Waals surface area contributed by atoms with Gasteiger partial charge in [0.15, 0.2) is 5.96 Å². The first-order chi connectivity index (χ1) is 15.5. The number of hydrogen-bond acceptors (Lipinski definition) is 2. The van der Waals surface area contributed by atoms with Gasteiger partial charge in [0.05, 0.1) is 0 Å². The van der Waals surface area contributed by atoms with E-state index in [2.05, 4.69) is 56.6 Å². The molecule has 0 heterocycles. The molecule has 0 atom stereocenters. The van der Waals surface area contributed by atoms with Crippen LogP contribution in [0, 0.1) is 12.8 Å². The normalized spacial score (nSPS) is 19.5. The van der Waals surface area contributed by atoms with Crippen LogP contribution in [0.25, 0.3) is 0 Å². The van der Waals surface area contributed by atoms with Crippen LogP contribution in [-0.2, 0) is 22.2 Å². The molecule has 4 N–H and O–H groups in total. The van der Waals surface area contributed by atoms with Crippen molar-refractivity contribution in [3.05, 3.63) is 34.4 Å². The Kier molecular flexibility index (Phi) is 8.13. The molecule has 1 amide bonds. The standard InChI is InChI=1S/C28H46N4O/c1-20-17-23-24(28(4,5)14-13-27(23,2)3)18-22(20)19-32(16-10-9-15-31-26(29)30)25(33)21-11-7-6-8-12-21/h17-18,21H,6-16,19H2,1-5H3,(H4,29,30,31). The highest BCUT2D eigenvalue weighted by atomic mass is 16.2. The number of unbranched alkanes of at least 4 members (excludes halogenated alkanes) is 1. The van der Waals surface area contributed by atoms with Crippen molar-refractivity contribution in [2.45, 2.75) is 110 Å². The van der Waals surface area contributed by atoms with Gasteiger partial charge in [-0.3, -0.25) is 9.79 Å². The highest BCUT2D eigenvalue weighted by Gasteiger charge is 2.37. The number of rotatable bonds is 8. The summed E-state index contributed by atoms with van der Waals surface area (Å²) in [4.78, 5) is 19.8. The van der Waals surface area contributed by atoms with Gasteiger partial charge in [-0.25, -0.2) is 0 Å². The van der Waals surface area contributed by atoms with Crippen LogP contribution in [0.4, 0.5) is 0 Å². The van der Waals surface area contributed by atoms with Crippen LogP contribution in [0.5, 0.6) is 0 Å². The predicted molar refractivity (Wildman–Crippen MR) is 138 cm³/mol. The predicted octanol–water partition coefficient (Wildman–Crippen LogP) is 5.31. The zero-order valence-corrected chi connectivity index (χ0v) is 21.7. The van der Waals surface area contributed by atoms with E-state index in [-0.39, 0.29) is 22.7 Å². The third kappa shape index (κ3) is 6.30. The molecule has 5 heteroatoms. The molecule has 1 aromatic carbocycles. The summed E-state index contributed by atoms with van der Waals surface area (Å²) >= 11 is 0. The number of amides is 1. The van der Waals surface area contributed by atoms with E-state index in [1.807, 2.05) is 0 Å². The maximum absolute atomic E-state index is 13.6. The van der Waals surface area contributed by atoms with Crippen molar-refractivity contribution >= 4 is 11.9 Å². The zero-order valence-electron chi connectivity index (χ0n) is 21.7. The Morgan fingerprint density at radius 3 is 2.21 bits per heavy atom. The van der Waals surface area contributed by atoms with Crippen LogP contribution in [0.1, 0.15) is 108 Å². The minimum Gasteiger partial charge on any atom is -0.370 e. The second kappa shape index (κ2) is 10.5. The maximum atomic E-state index is 13.6. The summed E-state index contributed by atoms with van der Waals surface area (Å²) in [7, 11) is 0. The van der Waals surface area contributed by atoms with Gasteiger partial charge in [-0.2, -0.15) is 0 Å². The molecule has 0 spiro atoms. The number of hydrogen-bond donors (Lipinski definition) is 2. The molecule has 184 valence electrons. The van der Waals surface area contributed by atoms with E-state index < -0.39 is 0 Å². The van der Waals surface area contributed by atoms with Crippen molar-refractivity contribution in [1.82, 2.24) is 4.90 Å². The van der Waals surface area contributed by atoms with E-state index in [0.29, 0.717) is 19.0 Å². The average molecular weight is 455 g/mol. The molecule has 0 aromatic heterocycles. The lowest BCUT2D eigenvalue weighted by molar-refractivity contribution is -0.137. The molecule has 1 aromatic rings. The van der Waals surface area contributed by atoms with Gasteiger partial charge in [0.25, 0.3) is 0 Å². The second-order valence-electron chi connectivity index (χ2n) is 11.7. The molecule has 2 aliphatic carbocycles. The lowest BCUT2D eigenvalue weighted by Gasteiger charge is -2.42. The highest BCUT2D eigenvalue weighted by molar-refractivity contribution is 5.79. The topological polar surface area (TPSA) is 84.7 Å². The molecule has 1 fully saturated rings. The lowest BCUT2D eigenvalue weighted by Crippen LogP contribution is -2.38. The van der Waals surface area contributed by atoms with Crippen LogP contribution in [-0.4, -0.2) is 29.9 Å². The zero-order chi connectivity index (χ0) is 24.2. The number of carbonyl (C=O) groups excluding carboxylic acids is 1. The fourth-order valence-corrected chi connectivity index (χ4v) is 5.64. The number of benzene rings is 1. The van der Waals surface area contributed by atoms with Gasteiger partial charge in [0.2, 0.25) is 5.91 Å². The minimum absolute atomic E-state index is 0.139. The van der Waals surface area contributed by atoms with Crippen LogP contribution >= 0.6 is 0 Å².